The Hall–Kier alpha value is -1.67. The Bertz CT molecular complexity index is 802. The van der Waals surface area contributed by atoms with Gasteiger partial charge in [0, 0.05) is 31.7 Å². The molecule has 0 amide bonds. The van der Waals surface area contributed by atoms with Gasteiger partial charge in [0.15, 0.2) is 0 Å². The molecule has 1 saturated heterocycles. The van der Waals surface area contributed by atoms with Crippen molar-refractivity contribution in [2.75, 3.05) is 13.1 Å². The lowest BCUT2D eigenvalue weighted by Gasteiger charge is -2.30. The molecule has 1 atom stereocenters. The number of aromatic amines is 1. The first kappa shape index (κ1) is 16.2. The molecule has 7 nitrogen and oxygen atoms in total. The van der Waals surface area contributed by atoms with Crippen LogP contribution >= 0.6 is 0 Å². The molecule has 0 aliphatic carbocycles. The number of hydrogen-bond acceptors (Lipinski definition) is 4. The SMILES string of the molecule is Cc1nc(C2CCCN(S(=O)(=O)c3cnn(C)c3C)C2)[nH]c1C. The number of aromatic nitrogens is 4. The van der Waals surface area contributed by atoms with E-state index >= 15 is 0 Å². The molecule has 3 heterocycles. The van der Waals surface area contributed by atoms with Crippen molar-refractivity contribution in [1.29, 1.82) is 0 Å². The van der Waals surface area contributed by atoms with Gasteiger partial charge in [-0.05, 0) is 33.6 Å². The molecule has 23 heavy (non-hydrogen) atoms. The molecule has 1 aliphatic rings. The van der Waals surface area contributed by atoms with Crippen LogP contribution in [0.3, 0.4) is 0 Å². The summed E-state index contributed by atoms with van der Waals surface area (Å²) in [6.45, 7) is 6.74. The summed E-state index contributed by atoms with van der Waals surface area (Å²) in [4.78, 5) is 8.14. The van der Waals surface area contributed by atoms with Crippen molar-refractivity contribution in [3.63, 3.8) is 0 Å². The molecule has 126 valence electrons. The molecule has 0 bridgehead atoms. The number of rotatable bonds is 3. The van der Waals surface area contributed by atoms with E-state index in [0.717, 1.165) is 30.1 Å². The molecule has 2 aromatic rings. The number of hydrogen-bond donors (Lipinski definition) is 1. The number of imidazole rings is 1. The second-order valence-electron chi connectivity index (χ2n) is 6.25. The molecule has 8 heteroatoms. The first-order valence-electron chi connectivity index (χ1n) is 7.82. The molecule has 1 N–H and O–H groups in total. The van der Waals surface area contributed by atoms with E-state index in [1.807, 2.05) is 13.8 Å². The van der Waals surface area contributed by atoms with E-state index in [9.17, 15) is 8.42 Å². The summed E-state index contributed by atoms with van der Waals surface area (Å²) in [5.74, 6) is 1.01. The molecule has 0 aromatic carbocycles. The summed E-state index contributed by atoms with van der Waals surface area (Å²) in [5.41, 5.74) is 2.68. The highest BCUT2D eigenvalue weighted by atomic mass is 32.2. The largest absolute Gasteiger partial charge is 0.346 e. The zero-order chi connectivity index (χ0) is 16.8. The molecular weight excluding hydrogens is 314 g/mol. The van der Waals surface area contributed by atoms with Crippen LogP contribution in [0.1, 0.15) is 41.7 Å². The fourth-order valence-electron chi connectivity index (χ4n) is 3.02. The minimum absolute atomic E-state index is 0.114. The van der Waals surface area contributed by atoms with Crippen molar-refractivity contribution >= 4 is 10.0 Å². The van der Waals surface area contributed by atoms with Gasteiger partial charge < -0.3 is 4.98 Å². The summed E-state index contributed by atoms with van der Waals surface area (Å²) in [6, 6.07) is 0. The maximum Gasteiger partial charge on any atom is 0.246 e. The van der Waals surface area contributed by atoms with Crippen LogP contribution in [0.5, 0.6) is 0 Å². The van der Waals surface area contributed by atoms with Crippen LogP contribution in [0.4, 0.5) is 0 Å². The Balaban J connectivity index is 1.87. The number of sulfonamides is 1. The van der Waals surface area contributed by atoms with Gasteiger partial charge in [-0.25, -0.2) is 13.4 Å². The molecule has 1 unspecified atom stereocenters. The summed E-state index contributed by atoms with van der Waals surface area (Å²) in [5, 5.41) is 4.06. The topological polar surface area (TPSA) is 83.9 Å². The standard InChI is InChI=1S/C15H23N5O2S/c1-10-11(2)18-15(17-10)13-6-5-7-20(9-13)23(21,22)14-8-16-19(4)12(14)3/h8,13H,5-7,9H2,1-4H3,(H,17,18). The Morgan fingerprint density at radius 1 is 1.30 bits per heavy atom. The minimum atomic E-state index is -3.51. The maximum absolute atomic E-state index is 12.9. The lowest BCUT2D eigenvalue weighted by atomic mass is 9.99. The zero-order valence-electron chi connectivity index (χ0n) is 14.0. The van der Waals surface area contributed by atoms with Gasteiger partial charge in [-0.3, -0.25) is 4.68 Å². The lowest BCUT2D eigenvalue weighted by molar-refractivity contribution is 0.309. The van der Waals surface area contributed by atoms with Gasteiger partial charge in [0.05, 0.1) is 17.6 Å². The molecule has 0 radical (unpaired) electrons. The van der Waals surface area contributed by atoms with Crippen molar-refractivity contribution in [3.8, 4) is 0 Å². The van der Waals surface area contributed by atoms with Gasteiger partial charge in [-0.2, -0.15) is 9.40 Å². The van der Waals surface area contributed by atoms with Gasteiger partial charge in [0.1, 0.15) is 10.7 Å². The van der Waals surface area contributed by atoms with E-state index in [4.69, 9.17) is 0 Å². The molecule has 1 fully saturated rings. The highest BCUT2D eigenvalue weighted by Crippen LogP contribution is 2.30. The van der Waals surface area contributed by atoms with Crippen LogP contribution in [-0.4, -0.2) is 45.6 Å². The normalized spacial score (nSPS) is 20.1. The number of piperidine rings is 1. The summed E-state index contributed by atoms with van der Waals surface area (Å²) in [7, 11) is -1.76. The summed E-state index contributed by atoms with van der Waals surface area (Å²) >= 11 is 0. The van der Waals surface area contributed by atoms with Gasteiger partial charge in [-0.1, -0.05) is 0 Å². The van der Waals surface area contributed by atoms with E-state index in [1.165, 1.54) is 6.20 Å². The van der Waals surface area contributed by atoms with E-state index in [-0.39, 0.29) is 5.92 Å². The number of aryl methyl sites for hydroxylation is 3. The van der Waals surface area contributed by atoms with Gasteiger partial charge >= 0.3 is 0 Å². The number of nitrogens with zero attached hydrogens (tertiary/aromatic N) is 4. The van der Waals surface area contributed by atoms with Crippen molar-refractivity contribution in [1.82, 2.24) is 24.1 Å². The van der Waals surface area contributed by atoms with Crippen molar-refractivity contribution in [2.45, 2.75) is 44.4 Å². The van der Waals surface area contributed by atoms with E-state index < -0.39 is 10.0 Å². The minimum Gasteiger partial charge on any atom is -0.346 e. The van der Waals surface area contributed by atoms with Gasteiger partial charge in [0.25, 0.3) is 0 Å². The lowest BCUT2D eigenvalue weighted by Crippen LogP contribution is -2.39. The third-order valence-corrected chi connectivity index (χ3v) is 6.69. The second kappa shape index (κ2) is 5.76. The Morgan fingerprint density at radius 3 is 2.61 bits per heavy atom. The molecule has 0 spiro atoms. The Labute approximate surface area is 136 Å². The highest BCUT2D eigenvalue weighted by Gasteiger charge is 2.34. The summed E-state index contributed by atoms with van der Waals surface area (Å²) in [6.07, 6.45) is 3.22. The second-order valence-corrected chi connectivity index (χ2v) is 8.16. The predicted octanol–water partition coefficient (Wildman–Crippen LogP) is 1.64. The number of nitrogens with one attached hydrogen (secondary N) is 1. The monoisotopic (exact) mass is 337 g/mol. The van der Waals surface area contributed by atoms with E-state index in [1.54, 1.807) is 23.0 Å². The van der Waals surface area contributed by atoms with E-state index in [2.05, 4.69) is 15.1 Å². The fraction of sp³-hybridized carbons (Fsp3) is 0.600. The van der Waals surface area contributed by atoms with Crippen LogP contribution in [-0.2, 0) is 17.1 Å². The van der Waals surface area contributed by atoms with E-state index in [0.29, 0.717) is 23.7 Å². The van der Waals surface area contributed by atoms with Crippen LogP contribution in [0.2, 0.25) is 0 Å². The van der Waals surface area contributed by atoms with Crippen molar-refractivity contribution < 1.29 is 8.42 Å². The fourth-order valence-corrected chi connectivity index (χ4v) is 4.73. The quantitative estimate of drug-likeness (QED) is 0.923. The van der Waals surface area contributed by atoms with Crippen molar-refractivity contribution in [3.05, 3.63) is 29.1 Å². The molecule has 3 rings (SSSR count). The molecule has 2 aromatic heterocycles. The van der Waals surface area contributed by atoms with Gasteiger partial charge in [0.2, 0.25) is 10.0 Å². The molecular formula is C15H23N5O2S. The molecule has 0 saturated carbocycles. The maximum atomic E-state index is 12.9. The van der Waals surface area contributed by atoms with Crippen LogP contribution in [0.25, 0.3) is 0 Å². The third kappa shape index (κ3) is 2.81. The number of H-pyrrole nitrogens is 1. The molecule has 1 aliphatic heterocycles. The Kier molecular flexibility index (Phi) is 4.05. The Morgan fingerprint density at radius 2 is 2.04 bits per heavy atom. The summed E-state index contributed by atoms with van der Waals surface area (Å²) < 4.78 is 29.0. The zero-order valence-corrected chi connectivity index (χ0v) is 14.8. The first-order chi connectivity index (χ1) is 10.8. The van der Waals surface area contributed by atoms with Crippen LogP contribution in [0, 0.1) is 20.8 Å². The smallest absolute Gasteiger partial charge is 0.246 e. The van der Waals surface area contributed by atoms with Gasteiger partial charge in [-0.15, -0.1) is 0 Å². The van der Waals surface area contributed by atoms with Crippen LogP contribution < -0.4 is 0 Å². The van der Waals surface area contributed by atoms with Crippen LogP contribution in [0.15, 0.2) is 11.1 Å². The van der Waals surface area contributed by atoms with Crippen molar-refractivity contribution in [2.24, 2.45) is 7.05 Å². The highest BCUT2D eigenvalue weighted by molar-refractivity contribution is 7.89. The first-order valence-corrected chi connectivity index (χ1v) is 9.26. The average molecular weight is 337 g/mol. The average Bonchev–Trinajstić information content (AvgIpc) is 3.03. The third-order valence-electron chi connectivity index (χ3n) is 4.73. The predicted molar refractivity (Wildman–Crippen MR) is 86.7 cm³/mol.